The Morgan fingerprint density at radius 2 is 1.91 bits per heavy atom. The summed E-state index contributed by atoms with van der Waals surface area (Å²) in [6.45, 7) is 0. The molecule has 2 bridgehead atoms. The lowest BCUT2D eigenvalue weighted by molar-refractivity contribution is -0.187. The SMILES string of the molecule is O=C(Cc1ccccc1)N/N=C/C1CC2CC1CC2C(F)(F)F. The van der Waals surface area contributed by atoms with Crippen LogP contribution in [0.4, 0.5) is 13.2 Å². The van der Waals surface area contributed by atoms with Gasteiger partial charge in [0.25, 0.3) is 0 Å². The maximum absolute atomic E-state index is 12.8. The first-order valence-corrected chi connectivity index (χ1v) is 7.86. The highest BCUT2D eigenvalue weighted by atomic mass is 19.4. The fourth-order valence-corrected chi connectivity index (χ4v) is 3.93. The van der Waals surface area contributed by atoms with Gasteiger partial charge in [0, 0.05) is 6.21 Å². The molecule has 3 nitrogen and oxygen atoms in total. The van der Waals surface area contributed by atoms with Gasteiger partial charge in [0.2, 0.25) is 5.91 Å². The summed E-state index contributed by atoms with van der Waals surface area (Å²) in [5.41, 5.74) is 3.36. The topological polar surface area (TPSA) is 41.5 Å². The van der Waals surface area contributed by atoms with Gasteiger partial charge in [-0.25, -0.2) is 5.43 Å². The first-order chi connectivity index (χ1) is 10.9. The molecule has 0 aliphatic heterocycles. The largest absolute Gasteiger partial charge is 0.392 e. The number of hydrazone groups is 1. The summed E-state index contributed by atoms with van der Waals surface area (Å²) in [5.74, 6) is -1.55. The quantitative estimate of drug-likeness (QED) is 0.668. The van der Waals surface area contributed by atoms with Crippen LogP contribution in [0.1, 0.15) is 24.8 Å². The van der Waals surface area contributed by atoms with Crippen LogP contribution in [-0.4, -0.2) is 18.3 Å². The van der Waals surface area contributed by atoms with E-state index in [1.54, 1.807) is 6.21 Å². The predicted octanol–water partition coefficient (Wildman–Crippen LogP) is 3.56. The molecule has 3 rings (SSSR count). The molecular formula is C17H19F3N2O. The van der Waals surface area contributed by atoms with E-state index in [1.807, 2.05) is 30.3 Å². The van der Waals surface area contributed by atoms with Gasteiger partial charge < -0.3 is 0 Å². The van der Waals surface area contributed by atoms with Gasteiger partial charge in [-0.1, -0.05) is 30.3 Å². The summed E-state index contributed by atoms with van der Waals surface area (Å²) in [6.07, 6.45) is -0.870. The summed E-state index contributed by atoms with van der Waals surface area (Å²) in [4.78, 5) is 11.8. The number of benzene rings is 1. The smallest absolute Gasteiger partial charge is 0.273 e. The molecule has 4 atom stereocenters. The van der Waals surface area contributed by atoms with E-state index in [4.69, 9.17) is 0 Å². The van der Waals surface area contributed by atoms with Gasteiger partial charge in [0.05, 0.1) is 12.3 Å². The van der Waals surface area contributed by atoms with Crippen LogP contribution in [-0.2, 0) is 11.2 Å². The Bertz CT molecular complexity index is 585. The third-order valence-electron chi connectivity index (χ3n) is 4.99. The number of nitrogens with one attached hydrogen (secondary N) is 1. The third kappa shape index (κ3) is 3.74. The van der Waals surface area contributed by atoms with E-state index in [0.717, 1.165) is 5.56 Å². The van der Waals surface area contributed by atoms with Gasteiger partial charge in [-0.15, -0.1) is 0 Å². The zero-order valence-electron chi connectivity index (χ0n) is 12.6. The maximum atomic E-state index is 12.8. The average molecular weight is 324 g/mol. The molecule has 0 aromatic heterocycles. The monoisotopic (exact) mass is 324 g/mol. The summed E-state index contributed by atoms with van der Waals surface area (Å²) in [6, 6.07) is 9.31. The number of halogens is 3. The Morgan fingerprint density at radius 3 is 2.52 bits per heavy atom. The zero-order chi connectivity index (χ0) is 16.4. The van der Waals surface area contributed by atoms with Crippen molar-refractivity contribution in [3.63, 3.8) is 0 Å². The van der Waals surface area contributed by atoms with Crippen molar-refractivity contribution >= 4 is 12.1 Å². The molecule has 0 radical (unpaired) electrons. The van der Waals surface area contributed by atoms with Crippen LogP contribution in [0, 0.1) is 23.7 Å². The molecule has 1 aromatic rings. The Kier molecular flexibility index (Phi) is 4.41. The van der Waals surface area contributed by atoms with Crippen LogP contribution in [0.5, 0.6) is 0 Å². The van der Waals surface area contributed by atoms with Gasteiger partial charge in [0.15, 0.2) is 0 Å². The molecule has 1 amide bonds. The number of rotatable bonds is 4. The lowest BCUT2D eigenvalue weighted by atomic mass is 9.82. The van der Waals surface area contributed by atoms with Gasteiger partial charge in [0.1, 0.15) is 0 Å². The summed E-state index contributed by atoms with van der Waals surface area (Å²) in [5, 5.41) is 3.95. The Hall–Kier alpha value is -1.85. The molecule has 2 fully saturated rings. The first-order valence-electron chi connectivity index (χ1n) is 7.86. The first kappa shape index (κ1) is 16.0. The normalized spacial score (nSPS) is 30.0. The second-order valence-corrected chi connectivity index (χ2v) is 6.51. The van der Waals surface area contributed by atoms with Crippen LogP contribution >= 0.6 is 0 Å². The van der Waals surface area contributed by atoms with Crippen molar-refractivity contribution in [1.82, 2.24) is 5.43 Å². The fraction of sp³-hybridized carbons (Fsp3) is 0.529. The summed E-state index contributed by atoms with van der Waals surface area (Å²) < 4.78 is 38.5. The molecule has 2 saturated carbocycles. The van der Waals surface area contributed by atoms with E-state index in [0.29, 0.717) is 12.8 Å². The minimum Gasteiger partial charge on any atom is -0.273 e. The number of carbonyl (C=O) groups excluding carboxylic acids is 1. The van der Waals surface area contributed by atoms with E-state index in [1.165, 1.54) is 0 Å². The predicted molar refractivity (Wildman–Crippen MR) is 80.6 cm³/mol. The van der Waals surface area contributed by atoms with Crippen LogP contribution in [0.2, 0.25) is 0 Å². The van der Waals surface area contributed by atoms with Crippen LogP contribution < -0.4 is 5.43 Å². The third-order valence-corrected chi connectivity index (χ3v) is 4.99. The number of hydrogen-bond acceptors (Lipinski definition) is 2. The van der Waals surface area contributed by atoms with E-state index < -0.39 is 12.1 Å². The fourth-order valence-electron chi connectivity index (χ4n) is 3.93. The molecule has 1 N–H and O–H groups in total. The van der Waals surface area contributed by atoms with E-state index in [9.17, 15) is 18.0 Å². The Balaban J connectivity index is 1.47. The lowest BCUT2D eigenvalue weighted by Crippen LogP contribution is -2.31. The molecule has 2 aliphatic rings. The Labute approximate surface area is 133 Å². The van der Waals surface area contributed by atoms with Crippen molar-refractivity contribution in [3.05, 3.63) is 35.9 Å². The average Bonchev–Trinajstić information content (AvgIpc) is 3.08. The minimum atomic E-state index is -4.08. The highest BCUT2D eigenvalue weighted by Gasteiger charge is 2.55. The van der Waals surface area contributed by atoms with Crippen LogP contribution in [0.15, 0.2) is 35.4 Å². The Morgan fingerprint density at radius 1 is 1.17 bits per heavy atom. The molecule has 0 saturated heterocycles. The number of alkyl halides is 3. The van der Waals surface area contributed by atoms with Crippen molar-refractivity contribution in [1.29, 1.82) is 0 Å². The van der Waals surface area contributed by atoms with Crippen molar-refractivity contribution in [2.45, 2.75) is 31.9 Å². The van der Waals surface area contributed by atoms with Crippen molar-refractivity contribution in [2.75, 3.05) is 0 Å². The zero-order valence-corrected chi connectivity index (χ0v) is 12.6. The van der Waals surface area contributed by atoms with Crippen molar-refractivity contribution in [3.8, 4) is 0 Å². The van der Waals surface area contributed by atoms with E-state index >= 15 is 0 Å². The maximum Gasteiger partial charge on any atom is 0.392 e. The van der Waals surface area contributed by atoms with E-state index in [-0.39, 0.29) is 36.5 Å². The number of nitrogens with zero attached hydrogens (tertiary/aromatic N) is 1. The molecule has 124 valence electrons. The highest BCUT2D eigenvalue weighted by Crippen LogP contribution is 2.56. The second-order valence-electron chi connectivity index (χ2n) is 6.51. The van der Waals surface area contributed by atoms with E-state index in [2.05, 4.69) is 10.5 Å². The molecule has 0 heterocycles. The molecular weight excluding hydrogens is 305 g/mol. The van der Waals surface area contributed by atoms with Gasteiger partial charge in [-0.05, 0) is 42.6 Å². The van der Waals surface area contributed by atoms with Crippen molar-refractivity contribution < 1.29 is 18.0 Å². The summed E-state index contributed by atoms with van der Waals surface area (Å²) >= 11 is 0. The van der Waals surface area contributed by atoms with Crippen LogP contribution in [0.25, 0.3) is 0 Å². The number of amides is 1. The minimum absolute atomic E-state index is 0.0430. The molecule has 1 aromatic carbocycles. The van der Waals surface area contributed by atoms with Crippen molar-refractivity contribution in [2.24, 2.45) is 28.8 Å². The van der Waals surface area contributed by atoms with Gasteiger partial charge >= 0.3 is 6.18 Å². The molecule has 2 aliphatic carbocycles. The second kappa shape index (κ2) is 6.34. The number of hydrogen-bond donors (Lipinski definition) is 1. The number of fused-ring (bicyclic) bond motifs is 2. The van der Waals surface area contributed by atoms with Gasteiger partial charge in [-0.3, -0.25) is 4.79 Å². The standard InChI is InChI=1S/C17H19F3N2O/c18-17(19,20)15-9-12-7-13(15)8-14(12)10-21-22-16(23)6-11-4-2-1-3-5-11/h1-5,10,12-15H,6-9H2,(H,22,23)/b21-10+. The number of carbonyl (C=O) groups is 1. The lowest BCUT2D eigenvalue weighted by Gasteiger charge is -2.27. The molecule has 6 heteroatoms. The van der Waals surface area contributed by atoms with Crippen LogP contribution in [0.3, 0.4) is 0 Å². The van der Waals surface area contributed by atoms with Gasteiger partial charge in [-0.2, -0.15) is 18.3 Å². The highest BCUT2D eigenvalue weighted by molar-refractivity contribution is 5.79. The molecule has 4 unspecified atom stereocenters. The molecule has 0 spiro atoms. The summed E-state index contributed by atoms with van der Waals surface area (Å²) in [7, 11) is 0. The molecule has 23 heavy (non-hydrogen) atoms.